The second-order valence-corrected chi connectivity index (χ2v) is 4.11. The molecule has 1 fully saturated rings. The summed E-state index contributed by atoms with van der Waals surface area (Å²) in [5.74, 6) is 0.824. The summed E-state index contributed by atoms with van der Waals surface area (Å²) in [6.07, 6.45) is 3.37. The minimum Gasteiger partial charge on any atom is -0.497 e. The lowest BCUT2D eigenvalue weighted by atomic mass is 10.1. The third-order valence-corrected chi connectivity index (χ3v) is 2.76. The molecule has 1 amide bonds. The summed E-state index contributed by atoms with van der Waals surface area (Å²) >= 11 is 0. The first-order valence-corrected chi connectivity index (χ1v) is 5.55. The van der Waals surface area contributed by atoms with Crippen molar-refractivity contribution in [3.05, 3.63) is 35.9 Å². The number of hydrogen-bond acceptors (Lipinski definition) is 3. The Morgan fingerprint density at radius 3 is 2.59 bits per heavy atom. The van der Waals surface area contributed by atoms with Gasteiger partial charge in [0, 0.05) is 25.2 Å². The number of amides is 1. The molecule has 0 spiro atoms. The lowest BCUT2D eigenvalue weighted by molar-refractivity contribution is -0.130. The van der Waals surface area contributed by atoms with Crippen molar-refractivity contribution in [3.8, 4) is 5.75 Å². The van der Waals surface area contributed by atoms with Crippen LogP contribution in [0.15, 0.2) is 30.3 Å². The van der Waals surface area contributed by atoms with E-state index in [-0.39, 0.29) is 11.9 Å². The molecule has 1 saturated heterocycles. The predicted molar refractivity (Wildman–Crippen MR) is 66.6 cm³/mol. The van der Waals surface area contributed by atoms with Gasteiger partial charge < -0.3 is 15.4 Å². The van der Waals surface area contributed by atoms with E-state index in [1.54, 1.807) is 24.2 Å². The summed E-state index contributed by atoms with van der Waals surface area (Å²) in [6, 6.07) is 7.69. The van der Waals surface area contributed by atoms with Gasteiger partial charge in [-0.25, -0.2) is 0 Å². The SMILES string of the molecule is COc1ccc(C=CC(=O)N2CC(N)C2)cc1. The van der Waals surface area contributed by atoms with Crippen molar-refractivity contribution in [3.63, 3.8) is 0 Å². The summed E-state index contributed by atoms with van der Waals surface area (Å²) in [5, 5.41) is 0. The van der Waals surface area contributed by atoms with Gasteiger partial charge in [0.05, 0.1) is 7.11 Å². The fraction of sp³-hybridized carbons (Fsp3) is 0.308. The van der Waals surface area contributed by atoms with E-state index in [2.05, 4.69) is 0 Å². The molecule has 0 unspecified atom stereocenters. The number of carbonyl (C=O) groups excluding carboxylic acids is 1. The van der Waals surface area contributed by atoms with E-state index < -0.39 is 0 Å². The molecule has 1 aromatic carbocycles. The van der Waals surface area contributed by atoms with Crippen LogP contribution in [0.1, 0.15) is 5.56 Å². The Morgan fingerprint density at radius 2 is 2.06 bits per heavy atom. The minimum atomic E-state index is 0.0162. The molecule has 2 rings (SSSR count). The van der Waals surface area contributed by atoms with Gasteiger partial charge in [-0.3, -0.25) is 4.79 Å². The number of nitrogens with zero attached hydrogens (tertiary/aromatic N) is 1. The van der Waals surface area contributed by atoms with Crippen LogP contribution in [0, 0.1) is 0 Å². The van der Waals surface area contributed by atoms with Crippen LogP contribution in [0.5, 0.6) is 5.75 Å². The monoisotopic (exact) mass is 232 g/mol. The lowest BCUT2D eigenvalue weighted by Gasteiger charge is -2.36. The molecule has 1 heterocycles. The van der Waals surface area contributed by atoms with E-state index in [1.807, 2.05) is 24.3 Å². The van der Waals surface area contributed by atoms with Crippen LogP contribution in [-0.2, 0) is 4.79 Å². The predicted octanol–water partition coefficient (Wildman–Crippen LogP) is 0.878. The van der Waals surface area contributed by atoms with Crippen molar-refractivity contribution in [2.24, 2.45) is 5.73 Å². The molecule has 4 heteroatoms. The zero-order valence-electron chi connectivity index (χ0n) is 9.80. The number of carbonyl (C=O) groups is 1. The molecular weight excluding hydrogens is 216 g/mol. The molecular formula is C13H16N2O2. The first kappa shape index (κ1) is 11.7. The number of nitrogens with two attached hydrogens (primary N) is 1. The summed E-state index contributed by atoms with van der Waals surface area (Å²) in [7, 11) is 1.63. The summed E-state index contributed by atoms with van der Waals surface area (Å²) in [4.78, 5) is 13.4. The van der Waals surface area contributed by atoms with Crippen molar-refractivity contribution in [2.75, 3.05) is 20.2 Å². The van der Waals surface area contributed by atoms with E-state index in [9.17, 15) is 4.79 Å². The molecule has 0 aliphatic carbocycles. The smallest absolute Gasteiger partial charge is 0.246 e. The third-order valence-electron chi connectivity index (χ3n) is 2.76. The number of methoxy groups -OCH3 is 1. The van der Waals surface area contributed by atoms with Crippen molar-refractivity contribution < 1.29 is 9.53 Å². The fourth-order valence-electron chi connectivity index (χ4n) is 1.68. The van der Waals surface area contributed by atoms with Crippen LogP contribution < -0.4 is 10.5 Å². The Labute approximate surface area is 101 Å². The van der Waals surface area contributed by atoms with Crippen LogP contribution in [0.4, 0.5) is 0 Å². The van der Waals surface area contributed by atoms with Crippen molar-refractivity contribution in [1.29, 1.82) is 0 Å². The van der Waals surface area contributed by atoms with E-state index >= 15 is 0 Å². The fourth-order valence-corrected chi connectivity index (χ4v) is 1.68. The zero-order chi connectivity index (χ0) is 12.3. The average Bonchev–Trinajstić information content (AvgIpc) is 2.32. The Bertz CT molecular complexity index is 420. The van der Waals surface area contributed by atoms with E-state index in [4.69, 9.17) is 10.5 Å². The van der Waals surface area contributed by atoms with Crippen LogP contribution in [0.3, 0.4) is 0 Å². The van der Waals surface area contributed by atoms with Crippen molar-refractivity contribution in [1.82, 2.24) is 4.90 Å². The molecule has 90 valence electrons. The second kappa shape index (κ2) is 5.01. The highest BCUT2D eigenvalue weighted by Crippen LogP contribution is 2.13. The van der Waals surface area contributed by atoms with Crippen molar-refractivity contribution in [2.45, 2.75) is 6.04 Å². The highest BCUT2D eigenvalue weighted by atomic mass is 16.5. The van der Waals surface area contributed by atoms with Gasteiger partial charge >= 0.3 is 0 Å². The molecule has 2 N–H and O–H groups in total. The van der Waals surface area contributed by atoms with Gasteiger partial charge in [0.2, 0.25) is 5.91 Å². The maximum absolute atomic E-state index is 11.6. The Balaban J connectivity index is 1.93. The Hall–Kier alpha value is -1.81. The first-order chi connectivity index (χ1) is 8.19. The number of hydrogen-bond donors (Lipinski definition) is 1. The van der Waals surface area contributed by atoms with Gasteiger partial charge in [0.15, 0.2) is 0 Å². The molecule has 1 aromatic rings. The molecule has 0 saturated carbocycles. The molecule has 4 nitrogen and oxygen atoms in total. The molecule has 0 radical (unpaired) electrons. The normalized spacial score (nSPS) is 16.0. The molecule has 1 aliphatic heterocycles. The highest BCUT2D eigenvalue weighted by Gasteiger charge is 2.25. The standard InChI is InChI=1S/C13H16N2O2/c1-17-12-5-2-10(3-6-12)4-7-13(16)15-8-11(14)9-15/h2-7,11H,8-9,14H2,1H3. The van der Waals surface area contributed by atoms with E-state index in [0.717, 1.165) is 11.3 Å². The first-order valence-electron chi connectivity index (χ1n) is 5.55. The van der Waals surface area contributed by atoms with Gasteiger partial charge in [-0.05, 0) is 23.8 Å². The topological polar surface area (TPSA) is 55.6 Å². The zero-order valence-corrected chi connectivity index (χ0v) is 9.80. The minimum absolute atomic E-state index is 0.0162. The van der Waals surface area contributed by atoms with Gasteiger partial charge in [-0.15, -0.1) is 0 Å². The largest absolute Gasteiger partial charge is 0.497 e. The Kier molecular flexibility index (Phi) is 3.44. The van der Waals surface area contributed by atoms with Crippen molar-refractivity contribution >= 4 is 12.0 Å². The molecule has 1 aliphatic rings. The van der Waals surface area contributed by atoms with Crippen LogP contribution in [-0.4, -0.2) is 37.0 Å². The van der Waals surface area contributed by atoms with Gasteiger partial charge in [0.1, 0.15) is 5.75 Å². The van der Waals surface area contributed by atoms with E-state index in [0.29, 0.717) is 13.1 Å². The van der Waals surface area contributed by atoms with Crippen LogP contribution in [0.2, 0.25) is 0 Å². The quantitative estimate of drug-likeness (QED) is 0.787. The second-order valence-electron chi connectivity index (χ2n) is 4.11. The van der Waals surface area contributed by atoms with Crippen LogP contribution >= 0.6 is 0 Å². The number of benzene rings is 1. The summed E-state index contributed by atoms with van der Waals surface area (Å²) in [6.45, 7) is 1.32. The maximum atomic E-state index is 11.6. The molecule has 0 aromatic heterocycles. The van der Waals surface area contributed by atoms with E-state index in [1.165, 1.54) is 0 Å². The van der Waals surface area contributed by atoms with Gasteiger partial charge in [0.25, 0.3) is 0 Å². The highest BCUT2D eigenvalue weighted by molar-refractivity contribution is 5.92. The average molecular weight is 232 g/mol. The maximum Gasteiger partial charge on any atom is 0.246 e. The summed E-state index contributed by atoms with van der Waals surface area (Å²) in [5.41, 5.74) is 6.59. The number of ether oxygens (including phenoxy) is 1. The lowest BCUT2D eigenvalue weighted by Crippen LogP contribution is -2.57. The number of likely N-dealkylation sites (tertiary alicyclic amines) is 1. The molecule has 0 atom stereocenters. The Morgan fingerprint density at radius 1 is 1.41 bits per heavy atom. The van der Waals surface area contributed by atoms with Gasteiger partial charge in [-0.2, -0.15) is 0 Å². The summed E-state index contributed by atoms with van der Waals surface area (Å²) < 4.78 is 5.06. The molecule has 17 heavy (non-hydrogen) atoms. The third kappa shape index (κ3) is 2.85. The van der Waals surface area contributed by atoms with Gasteiger partial charge in [-0.1, -0.05) is 12.1 Å². The molecule has 0 bridgehead atoms. The van der Waals surface area contributed by atoms with Crippen LogP contribution in [0.25, 0.3) is 6.08 Å². The number of rotatable bonds is 3.